The van der Waals surface area contributed by atoms with E-state index >= 15 is 0 Å². The molecule has 0 saturated heterocycles. The summed E-state index contributed by atoms with van der Waals surface area (Å²) in [6, 6.07) is 5.23. The first-order chi connectivity index (χ1) is 9.46. The second-order valence-corrected chi connectivity index (χ2v) is 6.95. The van der Waals surface area contributed by atoms with Crippen LogP contribution in [0.2, 0.25) is 0 Å². The minimum absolute atomic E-state index is 0. The van der Waals surface area contributed by atoms with Gasteiger partial charge in [0.15, 0.2) is 0 Å². The Balaban J connectivity index is 0.00000220. The monoisotopic (exact) mass is 312 g/mol. The van der Waals surface area contributed by atoms with Crippen molar-refractivity contribution in [2.45, 2.75) is 51.0 Å². The molecule has 0 aromatic heterocycles. The topological polar surface area (TPSA) is 75.3 Å². The van der Waals surface area contributed by atoms with Crippen molar-refractivity contribution in [3.8, 4) is 0 Å². The van der Waals surface area contributed by atoms with E-state index in [-0.39, 0.29) is 24.3 Å². The lowest BCUT2D eigenvalue weighted by Gasteiger charge is -2.11. The van der Waals surface area contributed by atoms with Crippen LogP contribution in [-0.2, 0) is 27.7 Å². The van der Waals surface area contributed by atoms with Crippen molar-refractivity contribution in [2.75, 3.05) is 7.05 Å². The lowest BCUT2D eigenvalue weighted by Crippen LogP contribution is -2.34. The number of carbonyl (C=O) groups is 1. The van der Waals surface area contributed by atoms with Gasteiger partial charge in [-0.1, -0.05) is 20.4 Å². The molecule has 2 N–H and O–H groups in total. The maximum Gasteiger partial charge on any atom is 0.240 e. The third-order valence-corrected chi connectivity index (χ3v) is 4.94. The van der Waals surface area contributed by atoms with Crippen LogP contribution < -0.4 is 10.0 Å². The number of fused-ring (bicyclic) bond motifs is 1. The van der Waals surface area contributed by atoms with E-state index in [9.17, 15) is 13.2 Å². The standard InChI is InChI=1S/C14H20N2O3S.CH4/c1-3-4-14(17)16-12-7-10-5-6-13(9-11(10)8-12)20(18,19)15-2;/h5-6,9,12,15H,3-4,7-8H2,1-2H3,(H,16,17);1H4. The van der Waals surface area contributed by atoms with E-state index in [1.165, 1.54) is 7.05 Å². The molecule has 21 heavy (non-hydrogen) atoms. The third-order valence-electron chi connectivity index (χ3n) is 3.53. The second-order valence-electron chi connectivity index (χ2n) is 5.06. The molecule has 5 nitrogen and oxygen atoms in total. The average molecular weight is 312 g/mol. The van der Waals surface area contributed by atoms with Crippen LogP contribution in [0.3, 0.4) is 0 Å². The summed E-state index contributed by atoms with van der Waals surface area (Å²) in [7, 11) is -2.01. The van der Waals surface area contributed by atoms with Crippen LogP contribution in [0.5, 0.6) is 0 Å². The fraction of sp³-hybridized carbons (Fsp3) is 0.533. The van der Waals surface area contributed by atoms with Crippen molar-refractivity contribution in [1.82, 2.24) is 10.0 Å². The quantitative estimate of drug-likeness (QED) is 0.867. The molecule has 6 heteroatoms. The number of carbonyl (C=O) groups excluding carboxylic acids is 1. The summed E-state index contributed by atoms with van der Waals surface area (Å²) in [4.78, 5) is 11.9. The van der Waals surface area contributed by atoms with Gasteiger partial charge in [-0.2, -0.15) is 0 Å². The van der Waals surface area contributed by atoms with Gasteiger partial charge in [-0.25, -0.2) is 13.1 Å². The first-order valence-electron chi connectivity index (χ1n) is 6.81. The minimum Gasteiger partial charge on any atom is -0.353 e. The molecule has 1 atom stereocenters. The Morgan fingerprint density at radius 3 is 2.57 bits per heavy atom. The summed E-state index contributed by atoms with van der Waals surface area (Å²) in [5.74, 6) is 0.0633. The maximum atomic E-state index is 11.8. The molecule has 0 bridgehead atoms. The van der Waals surface area contributed by atoms with Gasteiger partial charge in [0.05, 0.1) is 4.90 Å². The van der Waals surface area contributed by atoms with Gasteiger partial charge >= 0.3 is 0 Å². The zero-order valence-corrected chi connectivity index (χ0v) is 12.6. The van der Waals surface area contributed by atoms with Crippen LogP contribution >= 0.6 is 0 Å². The molecular weight excluding hydrogens is 288 g/mol. The molecule has 0 radical (unpaired) electrons. The number of hydrogen-bond acceptors (Lipinski definition) is 3. The van der Waals surface area contributed by atoms with E-state index in [0.29, 0.717) is 12.8 Å². The highest BCUT2D eigenvalue weighted by atomic mass is 32.2. The van der Waals surface area contributed by atoms with Crippen molar-refractivity contribution >= 4 is 15.9 Å². The van der Waals surface area contributed by atoms with E-state index < -0.39 is 10.0 Å². The van der Waals surface area contributed by atoms with Gasteiger partial charge in [-0.3, -0.25) is 4.79 Å². The molecule has 1 unspecified atom stereocenters. The maximum absolute atomic E-state index is 11.8. The largest absolute Gasteiger partial charge is 0.353 e. The first-order valence-corrected chi connectivity index (χ1v) is 8.29. The predicted octanol–water partition coefficient (Wildman–Crippen LogP) is 1.61. The molecular formula is C15H24N2O3S. The normalized spacial score (nSPS) is 17.0. The van der Waals surface area contributed by atoms with Crippen molar-refractivity contribution in [3.05, 3.63) is 29.3 Å². The Hall–Kier alpha value is -1.40. The van der Waals surface area contributed by atoms with E-state index in [1.807, 2.05) is 13.0 Å². The van der Waals surface area contributed by atoms with Crippen LogP contribution in [0.4, 0.5) is 0 Å². The van der Waals surface area contributed by atoms with Gasteiger partial charge in [0.25, 0.3) is 0 Å². The van der Waals surface area contributed by atoms with Gasteiger partial charge in [-0.05, 0) is 49.6 Å². The highest BCUT2D eigenvalue weighted by Gasteiger charge is 2.24. The zero-order chi connectivity index (χ0) is 14.8. The van der Waals surface area contributed by atoms with Crippen molar-refractivity contribution in [2.24, 2.45) is 0 Å². The van der Waals surface area contributed by atoms with Gasteiger partial charge in [0.2, 0.25) is 15.9 Å². The lowest BCUT2D eigenvalue weighted by atomic mass is 10.1. The molecule has 1 aliphatic carbocycles. The van der Waals surface area contributed by atoms with Crippen molar-refractivity contribution in [3.63, 3.8) is 0 Å². The SMILES string of the molecule is C.CCCC(=O)NC1Cc2ccc(S(=O)(=O)NC)cc2C1. The summed E-state index contributed by atoms with van der Waals surface area (Å²) in [6.07, 6.45) is 2.82. The number of benzene rings is 1. The summed E-state index contributed by atoms with van der Waals surface area (Å²) in [5, 5.41) is 2.99. The Labute approximate surface area is 127 Å². The highest BCUT2D eigenvalue weighted by Crippen LogP contribution is 2.25. The van der Waals surface area contributed by atoms with E-state index in [0.717, 1.165) is 24.0 Å². The number of amides is 1. The van der Waals surface area contributed by atoms with Crippen LogP contribution in [-0.4, -0.2) is 27.4 Å². The van der Waals surface area contributed by atoms with Crippen LogP contribution in [0.25, 0.3) is 0 Å². The first kappa shape index (κ1) is 17.7. The molecule has 0 heterocycles. The number of rotatable bonds is 5. The van der Waals surface area contributed by atoms with Crippen LogP contribution in [0, 0.1) is 0 Å². The van der Waals surface area contributed by atoms with Gasteiger partial charge < -0.3 is 5.32 Å². The predicted molar refractivity (Wildman–Crippen MR) is 83.7 cm³/mol. The Morgan fingerprint density at radius 1 is 1.29 bits per heavy atom. The Bertz CT molecular complexity index is 611. The average Bonchev–Trinajstić information content (AvgIpc) is 2.79. The van der Waals surface area contributed by atoms with Crippen LogP contribution in [0.1, 0.15) is 38.3 Å². The van der Waals surface area contributed by atoms with Crippen LogP contribution in [0.15, 0.2) is 23.1 Å². The number of nitrogens with one attached hydrogen (secondary N) is 2. The fourth-order valence-electron chi connectivity index (χ4n) is 2.51. The minimum atomic E-state index is -3.41. The van der Waals surface area contributed by atoms with E-state index in [1.54, 1.807) is 12.1 Å². The van der Waals surface area contributed by atoms with Gasteiger partial charge in [0.1, 0.15) is 0 Å². The molecule has 1 aromatic rings. The molecule has 0 aliphatic heterocycles. The van der Waals surface area contributed by atoms with E-state index in [2.05, 4.69) is 10.0 Å². The van der Waals surface area contributed by atoms with Gasteiger partial charge in [-0.15, -0.1) is 0 Å². The van der Waals surface area contributed by atoms with Crippen molar-refractivity contribution in [1.29, 1.82) is 0 Å². The second kappa shape index (κ2) is 7.04. The summed E-state index contributed by atoms with van der Waals surface area (Å²) in [5.41, 5.74) is 2.12. The third kappa shape index (κ3) is 4.04. The molecule has 2 rings (SSSR count). The molecule has 1 aromatic carbocycles. The molecule has 1 amide bonds. The molecule has 0 spiro atoms. The number of sulfonamides is 1. The van der Waals surface area contributed by atoms with Crippen molar-refractivity contribution < 1.29 is 13.2 Å². The lowest BCUT2D eigenvalue weighted by molar-refractivity contribution is -0.121. The molecule has 118 valence electrons. The zero-order valence-electron chi connectivity index (χ0n) is 11.8. The summed E-state index contributed by atoms with van der Waals surface area (Å²) < 4.78 is 25.8. The summed E-state index contributed by atoms with van der Waals surface area (Å²) >= 11 is 0. The molecule has 1 aliphatic rings. The highest BCUT2D eigenvalue weighted by molar-refractivity contribution is 7.89. The Morgan fingerprint density at radius 2 is 1.95 bits per heavy atom. The Kier molecular flexibility index (Phi) is 5.92. The number of hydrogen-bond donors (Lipinski definition) is 2. The fourth-order valence-corrected chi connectivity index (χ4v) is 3.29. The summed E-state index contributed by atoms with van der Waals surface area (Å²) in [6.45, 7) is 1.97. The van der Waals surface area contributed by atoms with E-state index in [4.69, 9.17) is 0 Å². The smallest absolute Gasteiger partial charge is 0.240 e. The molecule has 0 fully saturated rings. The van der Waals surface area contributed by atoms with Gasteiger partial charge in [0, 0.05) is 12.5 Å². The molecule has 0 saturated carbocycles.